The van der Waals surface area contributed by atoms with Crippen molar-refractivity contribution in [2.45, 2.75) is 25.9 Å². The maximum Gasteiger partial charge on any atom is 0.234 e. The maximum atomic E-state index is 11.2. The van der Waals surface area contributed by atoms with Crippen molar-refractivity contribution in [3.05, 3.63) is 0 Å². The van der Waals surface area contributed by atoms with Crippen molar-refractivity contribution in [3.8, 4) is 0 Å². The molecule has 0 aliphatic carbocycles. The number of hydrogen-bond donors (Lipinski definition) is 3. The fraction of sp³-hybridized carbons (Fsp3) is 0.889. The largest absolute Gasteiger partial charge is 0.395 e. The molecule has 1 atom stereocenters. The monoisotopic (exact) mass is 204 g/mol. The molecule has 0 aromatic rings. The van der Waals surface area contributed by atoms with Crippen molar-refractivity contribution in [1.29, 1.82) is 0 Å². The minimum absolute atomic E-state index is 0.0389. The first-order chi connectivity index (χ1) is 6.60. The third kappa shape index (κ3) is 6.82. The second-order valence-corrected chi connectivity index (χ2v) is 3.44. The number of ether oxygens (including phenoxy) is 1. The van der Waals surface area contributed by atoms with Gasteiger partial charge in [-0.15, -0.1) is 0 Å². The zero-order valence-electron chi connectivity index (χ0n) is 9.04. The summed E-state index contributed by atoms with van der Waals surface area (Å²) in [4.78, 5) is 11.2. The Balaban J connectivity index is 3.62. The van der Waals surface area contributed by atoms with Crippen molar-refractivity contribution in [2.75, 3.05) is 26.9 Å². The van der Waals surface area contributed by atoms with E-state index in [4.69, 9.17) is 9.84 Å². The van der Waals surface area contributed by atoms with E-state index in [1.165, 1.54) is 0 Å². The Morgan fingerprint density at radius 1 is 1.50 bits per heavy atom. The van der Waals surface area contributed by atoms with Crippen LogP contribution in [0.15, 0.2) is 0 Å². The molecule has 5 heteroatoms. The van der Waals surface area contributed by atoms with Gasteiger partial charge in [-0.25, -0.2) is 0 Å². The molecule has 1 amide bonds. The lowest BCUT2D eigenvalue weighted by Crippen LogP contribution is -2.44. The lowest BCUT2D eigenvalue weighted by Gasteiger charge is -2.15. The SMILES string of the molecule is COCC(CO)NCC(=O)NC(C)C. The van der Waals surface area contributed by atoms with Crippen molar-refractivity contribution in [1.82, 2.24) is 10.6 Å². The highest BCUT2D eigenvalue weighted by Gasteiger charge is 2.08. The molecule has 0 aliphatic heterocycles. The Bertz CT molecular complexity index is 162. The summed E-state index contributed by atoms with van der Waals surface area (Å²) in [5.74, 6) is -0.0745. The maximum absolute atomic E-state index is 11.2. The van der Waals surface area contributed by atoms with Crippen LogP contribution in [0.2, 0.25) is 0 Å². The average Bonchev–Trinajstić information content (AvgIpc) is 2.11. The molecule has 14 heavy (non-hydrogen) atoms. The zero-order chi connectivity index (χ0) is 11.0. The van der Waals surface area contributed by atoms with Gasteiger partial charge in [-0.3, -0.25) is 4.79 Å². The zero-order valence-corrected chi connectivity index (χ0v) is 9.04. The summed E-state index contributed by atoms with van der Waals surface area (Å²) < 4.78 is 4.85. The second-order valence-electron chi connectivity index (χ2n) is 3.44. The summed E-state index contributed by atoms with van der Waals surface area (Å²) >= 11 is 0. The molecule has 0 bridgehead atoms. The molecule has 3 N–H and O–H groups in total. The van der Waals surface area contributed by atoms with Gasteiger partial charge in [-0.2, -0.15) is 0 Å². The van der Waals surface area contributed by atoms with Crippen LogP contribution < -0.4 is 10.6 Å². The van der Waals surface area contributed by atoms with Crippen molar-refractivity contribution >= 4 is 5.91 Å². The van der Waals surface area contributed by atoms with Crippen LogP contribution in [0.1, 0.15) is 13.8 Å². The highest BCUT2D eigenvalue weighted by molar-refractivity contribution is 5.78. The van der Waals surface area contributed by atoms with Crippen molar-refractivity contribution in [3.63, 3.8) is 0 Å². The van der Waals surface area contributed by atoms with E-state index in [1.807, 2.05) is 13.8 Å². The summed E-state index contributed by atoms with van der Waals surface area (Å²) in [7, 11) is 1.55. The molecular formula is C9H20N2O3. The van der Waals surface area contributed by atoms with E-state index in [-0.39, 0.29) is 31.1 Å². The lowest BCUT2D eigenvalue weighted by atomic mass is 10.3. The van der Waals surface area contributed by atoms with Gasteiger partial charge < -0.3 is 20.5 Å². The van der Waals surface area contributed by atoms with Gasteiger partial charge in [0, 0.05) is 13.2 Å². The van der Waals surface area contributed by atoms with Crippen molar-refractivity contribution in [2.24, 2.45) is 0 Å². The van der Waals surface area contributed by atoms with Crippen molar-refractivity contribution < 1.29 is 14.6 Å². The highest BCUT2D eigenvalue weighted by atomic mass is 16.5. The third-order valence-corrected chi connectivity index (χ3v) is 1.59. The highest BCUT2D eigenvalue weighted by Crippen LogP contribution is 1.83. The van der Waals surface area contributed by atoms with Crippen LogP contribution in [0.4, 0.5) is 0 Å². The Labute approximate surface area is 84.8 Å². The number of amides is 1. The van der Waals surface area contributed by atoms with E-state index in [0.29, 0.717) is 6.61 Å². The van der Waals surface area contributed by atoms with E-state index in [0.717, 1.165) is 0 Å². The van der Waals surface area contributed by atoms with E-state index in [2.05, 4.69) is 10.6 Å². The molecule has 0 aliphatic rings. The van der Waals surface area contributed by atoms with Crippen LogP contribution in [0, 0.1) is 0 Å². The van der Waals surface area contributed by atoms with Crippen LogP contribution in [0.3, 0.4) is 0 Å². The quantitative estimate of drug-likeness (QED) is 0.503. The molecule has 1 unspecified atom stereocenters. The number of aliphatic hydroxyl groups is 1. The van der Waals surface area contributed by atoms with E-state index in [9.17, 15) is 4.79 Å². The summed E-state index contributed by atoms with van der Waals surface area (Å²) in [6.07, 6.45) is 0. The third-order valence-electron chi connectivity index (χ3n) is 1.59. The molecule has 0 spiro atoms. The number of methoxy groups -OCH3 is 1. The fourth-order valence-electron chi connectivity index (χ4n) is 0.987. The standard InChI is InChI=1S/C9H20N2O3/c1-7(2)11-9(13)4-10-8(5-12)6-14-3/h7-8,10,12H,4-6H2,1-3H3,(H,11,13). The van der Waals surface area contributed by atoms with Crippen LogP contribution in [0.5, 0.6) is 0 Å². The van der Waals surface area contributed by atoms with E-state index in [1.54, 1.807) is 7.11 Å². The Kier molecular flexibility index (Phi) is 7.37. The summed E-state index contributed by atoms with van der Waals surface area (Å²) in [6.45, 7) is 4.36. The smallest absolute Gasteiger partial charge is 0.234 e. The second kappa shape index (κ2) is 7.73. The predicted octanol–water partition coefficient (Wildman–Crippen LogP) is -0.892. The average molecular weight is 204 g/mol. The normalized spacial score (nSPS) is 12.9. The number of aliphatic hydroxyl groups excluding tert-OH is 1. The number of carbonyl (C=O) groups excluding carboxylic acids is 1. The van der Waals surface area contributed by atoms with Gasteiger partial charge in [0.1, 0.15) is 0 Å². The van der Waals surface area contributed by atoms with Gasteiger partial charge in [0.05, 0.1) is 25.8 Å². The molecule has 0 rings (SSSR count). The first kappa shape index (κ1) is 13.4. The molecule has 84 valence electrons. The number of hydrogen-bond acceptors (Lipinski definition) is 4. The van der Waals surface area contributed by atoms with Crippen LogP contribution in [-0.2, 0) is 9.53 Å². The molecular weight excluding hydrogens is 184 g/mol. The van der Waals surface area contributed by atoms with E-state index < -0.39 is 0 Å². The fourth-order valence-corrected chi connectivity index (χ4v) is 0.987. The summed E-state index contributed by atoms with van der Waals surface area (Å²) in [5.41, 5.74) is 0. The number of nitrogens with one attached hydrogen (secondary N) is 2. The minimum Gasteiger partial charge on any atom is -0.395 e. The van der Waals surface area contributed by atoms with Gasteiger partial charge in [0.15, 0.2) is 0 Å². The summed E-state index contributed by atoms with van der Waals surface area (Å²) in [6, 6.07) is -0.0442. The van der Waals surface area contributed by atoms with Gasteiger partial charge in [-0.05, 0) is 13.8 Å². The summed E-state index contributed by atoms with van der Waals surface area (Å²) in [5, 5.41) is 14.5. The molecule has 0 aromatic heterocycles. The van der Waals surface area contributed by atoms with Crippen LogP contribution in [0.25, 0.3) is 0 Å². The molecule has 5 nitrogen and oxygen atoms in total. The lowest BCUT2D eigenvalue weighted by molar-refractivity contribution is -0.120. The Morgan fingerprint density at radius 3 is 2.57 bits per heavy atom. The predicted molar refractivity (Wildman–Crippen MR) is 54.0 cm³/mol. The first-order valence-corrected chi connectivity index (χ1v) is 4.72. The number of rotatable bonds is 7. The Morgan fingerprint density at radius 2 is 2.14 bits per heavy atom. The molecule has 0 saturated heterocycles. The van der Waals surface area contributed by atoms with Gasteiger partial charge in [-0.1, -0.05) is 0 Å². The molecule has 0 aromatic carbocycles. The van der Waals surface area contributed by atoms with Crippen LogP contribution in [-0.4, -0.2) is 50.0 Å². The topological polar surface area (TPSA) is 70.6 Å². The Hall–Kier alpha value is -0.650. The van der Waals surface area contributed by atoms with Gasteiger partial charge in [0.2, 0.25) is 5.91 Å². The first-order valence-electron chi connectivity index (χ1n) is 4.72. The number of carbonyl (C=O) groups is 1. The minimum atomic E-state index is -0.182. The van der Waals surface area contributed by atoms with Gasteiger partial charge >= 0.3 is 0 Å². The van der Waals surface area contributed by atoms with Gasteiger partial charge in [0.25, 0.3) is 0 Å². The molecule has 0 radical (unpaired) electrons. The molecule has 0 heterocycles. The van der Waals surface area contributed by atoms with Crippen LogP contribution >= 0.6 is 0 Å². The molecule has 0 fully saturated rings. The van der Waals surface area contributed by atoms with E-state index >= 15 is 0 Å². The molecule has 0 saturated carbocycles.